The fourth-order valence-electron chi connectivity index (χ4n) is 3.71. The Hall–Kier alpha value is -2.86. The van der Waals surface area contributed by atoms with E-state index in [0.29, 0.717) is 19.6 Å². The second-order valence-corrected chi connectivity index (χ2v) is 6.93. The summed E-state index contributed by atoms with van der Waals surface area (Å²) in [6.45, 7) is 3.05. The number of aromatic nitrogens is 2. The number of morpholine rings is 1. The van der Waals surface area contributed by atoms with Gasteiger partial charge in [0.25, 0.3) is 0 Å². The van der Waals surface area contributed by atoms with Crippen molar-refractivity contribution in [1.29, 1.82) is 0 Å². The zero-order valence-corrected chi connectivity index (χ0v) is 16.1. The minimum Gasteiger partial charge on any atom is -0.492 e. The molecule has 1 aliphatic heterocycles. The van der Waals surface area contributed by atoms with Crippen LogP contribution in [0.2, 0.25) is 0 Å². The van der Waals surface area contributed by atoms with Crippen LogP contribution in [0.4, 0.5) is 5.69 Å². The fraction of sp³-hybridized carbons (Fsp3) is 0.364. The van der Waals surface area contributed by atoms with Crippen molar-refractivity contribution in [2.24, 2.45) is 0 Å². The number of benzene rings is 2. The second-order valence-electron chi connectivity index (χ2n) is 6.93. The van der Waals surface area contributed by atoms with E-state index >= 15 is 0 Å². The molecule has 0 amide bonds. The topological polar surface area (TPSA) is 56.6 Å². The summed E-state index contributed by atoms with van der Waals surface area (Å²) in [5.41, 5.74) is 3.77. The minimum atomic E-state index is 0.0552. The van der Waals surface area contributed by atoms with Crippen molar-refractivity contribution < 1.29 is 14.3 Å². The number of carbonyl (C=O) groups is 1. The Balaban J connectivity index is 1.52. The minimum absolute atomic E-state index is 0.0552. The predicted octanol–water partition coefficient (Wildman–Crippen LogP) is 3.54. The molecule has 2 heterocycles. The number of ether oxygens (including phenoxy) is 2. The molecule has 0 spiro atoms. The molecule has 0 N–H and O–H groups in total. The lowest BCUT2D eigenvalue weighted by molar-refractivity contribution is 0.0905. The molecule has 4 rings (SSSR count). The Labute approximate surface area is 164 Å². The van der Waals surface area contributed by atoms with E-state index in [9.17, 15) is 4.79 Å². The molecule has 1 aromatic heterocycles. The van der Waals surface area contributed by atoms with E-state index in [1.807, 2.05) is 30.3 Å². The van der Waals surface area contributed by atoms with Crippen LogP contribution >= 0.6 is 0 Å². The summed E-state index contributed by atoms with van der Waals surface area (Å²) < 4.78 is 12.8. The highest BCUT2D eigenvalue weighted by Gasteiger charge is 2.21. The van der Waals surface area contributed by atoms with Gasteiger partial charge in [-0.05, 0) is 30.5 Å². The van der Waals surface area contributed by atoms with Crippen LogP contribution in [-0.4, -0.2) is 48.9 Å². The number of nitrogens with zero attached hydrogens (tertiary/aromatic N) is 3. The molecule has 2 aromatic carbocycles. The second kappa shape index (κ2) is 8.44. The number of imidazole rings is 1. The average molecular weight is 379 g/mol. The molecule has 1 saturated heterocycles. The lowest BCUT2D eigenvalue weighted by Gasteiger charge is -2.30. The number of rotatable bonds is 6. The van der Waals surface area contributed by atoms with Crippen molar-refractivity contribution in [3.05, 3.63) is 54.4 Å². The zero-order chi connectivity index (χ0) is 19.3. The maximum Gasteiger partial charge on any atom is 0.232 e. The lowest BCUT2D eigenvalue weighted by Crippen LogP contribution is -2.36. The van der Waals surface area contributed by atoms with Crippen molar-refractivity contribution >= 4 is 22.6 Å². The first-order valence-corrected chi connectivity index (χ1v) is 9.72. The molecular formula is C22H25N3O3. The normalized spacial score (nSPS) is 14.4. The van der Waals surface area contributed by atoms with Gasteiger partial charge in [-0.1, -0.05) is 30.3 Å². The molecule has 0 bridgehead atoms. The van der Waals surface area contributed by atoms with Gasteiger partial charge >= 0.3 is 0 Å². The SMILES string of the molecule is COc1c(N2CCOCC2)ccc2c1ncn2C(=O)CCCc1ccccc1. The predicted molar refractivity (Wildman–Crippen MR) is 109 cm³/mol. The summed E-state index contributed by atoms with van der Waals surface area (Å²) in [7, 11) is 1.65. The van der Waals surface area contributed by atoms with Crippen LogP contribution < -0.4 is 9.64 Å². The summed E-state index contributed by atoms with van der Waals surface area (Å²) in [6.07, 6.45) is 3.80. The molecule has 3 aromatic rings. The summed E-state index contributed by atoms with van der Waals surface area (Å²) in [5, 5.41) is 0. The smallest absolute Gasteiger partial charge is 0.232 e. The van der Waals surface area contributed by atoms with Crippen molar-refractivity contribution in [3.63, 3.8) is 0 Å². The van der Waals surface area contributed by atoms with Crippen LogP contribution in [0, 0.1) is 0 Å². The van der Waals surface area contributed by atoms with Gasteiger partial charge in [0.15, 0.2) is 5.75 Å². The standard InChI is InChI=1S/C22H25N3O3/c1-27-22-19(24-12-14-28-15-13-24)11-10-18-21(22)23-16-25(18)20(26)9-5-8-17-6-3-2-4-7-17/h2-4,6-7,10-11,16H,5,8-9,12-15H2,1H3. The van der Waals surface area contributed by atoms with Crippen molar-refractivity contribution in [2.75, 3.05) is 38.3 Å². The quantitative estimate of drug-likeness (QED) is 0.656. The van der Waals surface area contributed by atoms with Crippen LogP contribution in [0.25, 0.3) is 11.0 Å². The van der Waals surface area contributed by atoms with E-state index in [0.717, 1.165) is 48.4 Å². The average Bonchev–Trinajstić information content (AvgIpc) is 3.18. The van der Waals surface area contributed by atoms with E-state index in [2.05, 4.69) is 22.0 Å². The summed E-state index contributed by atoms with van der Waals surface area (Å²) in [4.78, 5) is 19.5. The fourth-order valence-corrected chi connectivity index (χ4v) is 3.71. The van der Waals surface area contributed by atoms with Gasteiger partial charge in [0.05, 0.1) is 31.5 Å². The first-order chi connectivity index (χ1) is 13.8. The maximum atomic E-state index is 12.8. The van der Waals surface area contributed by atoms with Gasteiger partial charge in [-0.2, -0.15) is 0 Å². The first kappa shape index (κ1) is 18.5. The van der Waals surface area contributed by atoms with E-state index in [1.165, 1.54) is 5.56 Å². The highest BCUT2D eigenvalue weighted by molar-refractivity contribution is 5.95. The monoisotopic (exact) mass is 379 g/mol. The summed E-state index contributed by atoms with van der Waals surface area (Å²) >= 11 is 0. The Morgan fingerprint density at radius 3 is 2.68 bits per heavy atom. The van der Waals surface area contributed by atoms with Crippen LogP contribution in [0.3, 0.4) is 0 Å². The van der Waals surface area contributed by atoms with E-state index in [4.69, 9.17) is 9.47 Å². The number of anilines is 1. The number of hydrogen-bond donors (Lipinski definition) is 0. The number of hydrogen-bond acceptors (Lipinski definition) is 5. The molecular weight excluding hydrogens is 354 g/mol. The molecule has 0 saturated carbocycles. The zero-order valence-electron chi connectivity index (χ0n) is 16.1. The Kier molecular flexibility index (Phi) is 5.58. The number of fused-ring (bicyclic) bond motifs is 1. The van der Waals surface area contributed by atoms with Gasteiger partial charge < -0.3 is 14.4 Å². The molecule has 0 atom stereocenters. The van der Waals surface area contributed by atoms with Crippen LogP contribution in [0.1, 0.15) is 23.2 Å². The van der Waals surface area contributed by atoms with Crippen molar-refractivity contribution in [3.8, 4) is 5.75 Å². The van der Waals surface area contributed by atoms with Crippen LogP contribution in [0.15, 0.2) is 48.8 Å². The largest absolute Gasteiger partial charge is 0.492 e. The van der Waals surface area contributed by atoms with E-state index < -0.39 is 0 Å². The molecule has 0 aliphatic carbocycles. The molecule has 1 aliphatic rings. The van der Waals surface area contributed by atoms with Gasteiger partial charge in [0.1, 0.15) is 11.8 Å². The molecule has 0 unspecified atom stereocenters. The van der Waals surface area contributed by atoms with E-state index in [-0.39, 0.29) is 5.91 Å². The van der Waals surface area contributed by atoms with Crippen LogP contribution in [0.5, 0.6) is 5.75 Å². The highest BCUT2D eigenvalue weighted by atomic mass is 16.5. The summed E-state index contributed by atoms with van der Waals surface area (Å²) in [5.74, 6) is 0.773. The van der Waals surface area contributed by atoms with Gasteiger partial charge in [0.2, 0.25) is 5.91 Å². The lowest BCUT2D eigenvalue weighted by atomic mass is 10.1. The van der Waals surface area contributed by atoms with Gasteiger partial charge in [-0.15, -0.1) is 0 Å². The third kappa shape index (κ3) is 3.73. The van der Waals surface area contributed by atoms with Crippen LogP contribution in [-0.2, 0) is 11.2 Å². The van der Waals surface area contributed by atoms with Crippen molar-refractivity contribution in [2.45, 2.75) is 19.3 Å². The molecule has 1 fully saturated rings. The number of methoxy groups -OCH3 is 1. The number of carbonyl (C=O) groups excluding carboxylic acids is 1. The first-order valence-electron chi connectivity index (χ1n) is 9.72. The summed E-state index contributed by atoms with van der Waals surface area (Å²) in [6, 6.07) is 14.2. The van der Waals surface area contributed by atoms with E-state index in [1.54, 1.807) is 18.0 Å². The molecule has 28 heavy (non-hydrogen) atoms. The maximum absolute atomic E-state index is 12.8. The van der Waals surface area contributed by atoms with Crippen molar-refractivity contribution in [1.82, 2.24) is 9.55 Å². The Morgan fingerprint density at radius 2 is 1.93 bits per heavy atom. The molecule has 6 nitrogen and oxygen atoms in total. The Bertz CT molecular complexity index is 946. The van der Waals surface area contributed by atoms with Gasteiger partial charge in [-0.3, -0.25) is 9.36 Å². The number of aryl methyl sites for hydroxylation is 1. The Morgan fingerprint density at radius 1 is 1.14 bits per heavy atom. The molecule has 6 heteroatoms. The third-order valence-electron chi connectivity index (χ3n) is 5.17. The van der Waals surface area contributed by atoms with Gasteiger partial charge in [-0.25, -0.2) is 4.98 Å². The molecule has 0 radical (unpaired) electrons. The third-order valence-corrected chi connectivity index (χ3v) is 5.17. The molecule has 146 valence electrons. The van der Waals surface area contributed by atoms with Gasteiger partial charge in [0, 0.05) is 19.5 Å². The highest BCUT2D eigenvalue weighted by Crippen LogP contribution is 2.35.